The van der Waals surface area contributed by atoms with Crippen molar-refractivity contribution in [3.63, 3.8) is 0 Å². The van der Waals surface area contributed by atoms with E-state index in [-0.39, 0.29) is 5.78 Å². The van der Waals surface area contributed by atoms with Crippen LogP contribution in [0.25, 0.3) is 10.1 Å². The smallest absolute Gasteiger partial charge is 0.208 e. The van der Waals surface area contributed by atoms with Gasteiger partial charge in [-0.2, -0.15) is 0 Å². The highest BCUT2D eigenvalue weighted by molar-refractivity contribution is 7.21. The maximum Gasteiger partial charge on any atom is 0.208 e. The number of ether oxygens (including phenoxy) is 1. The number of fused-ring (bicyclic) bond motifs is 1. The minimum Gasteiger partial charge on any atom is -0.455 e. The zero-order valence-corrected chi connectivity index (χ0v) is 20.5. The Morgan fingerprint density at radius 2 is 1.91 bits per heavy atom. The summed E-state index contributed by atoms with van der Waals surface area (Å²) in [6.45, 7) is 9.36. The van der Waals surface area contributed by atoms with Crippen LogP contribution in [-0.2, 0) is 6.42 Å². The van der Waals surface area contributed by atoms with Crippen molar-refractivity contribution in [2.75, 3.05) is 19.6 Å². The molecule has 0 N–H and O–H groups in total. The summed E-state index contributed by atoms with van der Waals surface area (Å²) in [6, 6.07) is 21.0. The van der Waals surface area contributed by atoms with E-state index >= 15 is 0 Å². The maximum atomic E-state index is 13.5. The second kappa shape index (κ2) is 9.71. The largest absolute Gasteiger partial charge is 0.455 e. The Bertz CT molecular complexity index is 1360. The molecule has 1 saturated heterocycles. The number of aliphatic imine (C=N–C) groups is 1. The number of hydrogen-bond donors (Lipinski definition) is 0. The fraction of sp³-hybridized carbons (Fsp3) is 0.214. The molecule has 1 aliphatic heterocycles. The van der Waals surface area contributed by atoms with Crippen molar-refractivity contribution in [2.24, 2.45) is 10.9 Å². The molecule has 5 rings (SSSR count). The summed E-state index contributed by atoms with van der Waals surface area (Å²) < 4.78 is 7.25. The van der Waals surface area contributed by atoms with Gasteiger partial charge >= 0.3 is 0 Å². The summed E-state index contributed by atoms with van der Waals surface area (Å²) in [5, 5.41) is 1.29. The number of nitrogens with zero attached hydrogens (tertiary/aromatic N) is 2. The Balaban J connectivity index is 1.44. The Labute approximate surface area is 208 Å². The molecule has 4 nitrogen and oxygen atoms in total. The van der Waals surface area contributed by atoms with Crippen molar-refractivity contribution < 1.29 is 9.53 Å². The van der Waals surface area contributed by atoms with Crippen molar-refractivity contribution in [1.82, 2.24) is 4.90 Å². The van der Waals surface area contributed by atoms with Gasteiger partial charge in [-0.15, -0.1) is 11.3 Å². The minimum absolute atomic E-state index is 0.157. The number of halogens is 1. The van der Waals surface area contributed by atoms with E-state index in [1.54, 1.807) is 12.1 Å². The monoisotopic (exact) mass is 488 g/mol. The van der Waals surface area contributed by atoms with Gasteiger partial charge in [-0.25, -0.2) is 0 Å². The molecule has 0 unspecified atom stereocenters. The normalized spacial score (nSPS) is 14.2. The van der Waals surface area contributed by atoms with Crippen LogP contribution in [0.4, 0.5) is 5.69 Å². The van der Waals surface area contributed by atoms with Gasteiger partial charge in [-0.05, 0) is 67.1 Å². The van der Waals surface area contributed by atoms with Crippen molar-refractivity contribution >= 4 is 51.2 Å². The molecule has 4 aromatic rings. The van der Waals surface area contributed by atoms with Crippen LogP contribution in [-0.4, -0.2) is 37.0 Å². The van der Waals surface area contributed by atoms with Gasteiger partial charge in [0.05, 0.1) is 10.7 Å². The summed E-state index contributed by atoms with van der Waals surface area (Å²) in [6.07, 6.45) is 1.02. The summed E-state index contributed by atoms with van der Waals surface area (Å²) in [7, 11) is 0. The molecule has 0 atom stereocenters. The van der Waals surface area contributed by atoms with Gasteiger partial charge in [-0.3, -0.25) is 9.79 Å². The highest BCUT2D eigenvalue weighted by Gasteiger charge is 2.24. The van der Waals surface area contributed by atoms with E-state index in [1.807, 2.05) is 42.5 Å². The zero-order valence-electron chi connectivity index (χ0n) is 19.0. The first-order chi connectivity index (χ1) is 16.5. The topological polar surface area (TPSA) is 41.9 Å². The van der Waals surface area contributed by atoms with Crippen LogP contribution in [0, 0.1) is 5.92 Å². The number of carbonyl (C=O) groups is 1. The van der Waals surface area contributed by atoms with E-state index < -0.39 is 0 Å². The van der Waals surface area contributed by atoms with E-state index in [0.717, 1.165) is 34.7 Å². The fourth-order valence-corrected chi connectivity index (χ4v) is 5.66. The lowest BCUT2D eigenvalue weighted by Gasteiger charge is -2.37. The minimum atomic E-state index is -0.157. The number of carbonyl (C=O) groups excluding carboxylic acids is 1. The Hall–Kier alpha value is -2.99. The quantitative estimate of drug-likeness (QED) is 0.191. The summed E-state index contributed by atoms with van der Waals surface area (Å²) in [5.41, 5.74) is 2.48. The Morgan fingerprint density at radius 3 is 2.62 bits per heavy atom. The van der Waals surface area contributed by atoms with Crippen LogP contribution >= 0.6 is 22.9 Å². The number of likely N-dealkylation sites (tertiary alicyclic amines) is 1. The molecule has 3 aromatic carbocycles. The lowest BCUT2D eigenvalue weighted by molar-refractivity contribution is 0.104. The molecule has 6 heteroatoms. The summed E-state index contributed by atoms with van der Waals surface area (Å²) in [4.78, 5) is 20.5. The van der Waals surface area contributed by atoms with Gasteiger partial charge in [-0.1, -0.05) is 42.8 Å². The van der Waals surface area contributed by atoms with Crippen LogP contribution < -0.4 is 4.74 Å². The Morgan fingerprint density at radius 1 is 1.15 bits per heavy atom. The summed E-state index contributed by atoms with van der Waals surface area (Å²) >= 11 is 7.72. The number of rotatable bonds is 8. The Kier molecular flexibility index (Phi) is 6.50. The van der Waals surface area contributed by atoms with E-state index in [9.17, 15) is 4.79 Å². The van der Waals surface area contributed by atoms with Crippen LogP contribution in [0.3, 0.4) is 0 Å². The molecule has 1 fully saturated rings. The maximum absolute atomic E-state index is 13.5. The van der Waals surface area contributed by atoms with Gasteiger partial charge in [0.1, 0.15) is 10.6 Å². The fourth-order valence-electron chi connectivity index (χ4n) is 4.32. The van der Waals surface area contributed by atoms with E-state index in [0.29, 0.717) is 27.0 Å². The molecule has 0 amide bonds. The van der Waals surface area contributed by atoms with Crippen molar-refractivity contribution in [3.8, 4) is 11.5 Å². The number of ketones is 1. The number of benzene rings is 3. The van der Waals surface area contributed by atoms with Crippen LogP contribution in [0.1, 0.15) is 27.7 Å². The first-order valence-corrected chi connectivity index (χ1v) is 12.5. The third-order valence-corrected chi connectivity index (χ3v) is 7.60. The standard InChI is InChI=1S/C28H25ClN2O2S/c1-18-16-31(17-18)14-13-19-7-10-21(11-8-19)33-27-23-12-9-20(30-2)15-25(23)34-28(27)26(32)22-5-3-4-6-24(22)29/h3-12,15,18H,2,13-14,16-17H2,1H3. The van der Waals surface area contributed by atoms with Gasteiger partial charge in [0.2, 0.25) is 5.78 Å². The molecule has 2 heterocycles. The van der Waals surface area contributed by atoms with Crippen LogP contribution in [0.5, 0.6) is 11.5 Å². The SMILES string of the molecule is C=Nc1ccc2c(Oc3ccc(CCN4CC(C)C4)cc3)c(C(=O)c3ccccc3Cl)sc2c1. The molecule has 34 heavy (non-hydrogen) atoms. The van der Waals surface area contributed by atoms with Gasteiger partial charge in [0.25, 0.3) is 0 Å². The predicted octanol–water partition coefficient (Wildman–Crippen LogP) is 7.40. The van der Waals surface area contributed by atoms with Crippen molar-refractivity contribution in [2.45, 2.75) is 13.3 Å². The number of thiophene rings is 1. The highest BCUT2D eigenvalue weighted by atomic mass is 35.5. The van der Waals surface area contributed by atoms with Gasteiger partial charge in [0.15, 0.2) is 5.75 Å². The zero-order chi connectivity index (χ0) is 23.7. The average Bonchev–Trinajstić information content (AvgIpc) is 3.19. The molecule has 0 spiro atoms. The van der Waals surface area contributed by atoms with E-state index in [2.05, 4.69) is 35.7 Å². The molecule has 0 saturated carbocycles. The molecule has 1 aromatic heterocycles. The molecule has 0 bridgehead atoms. The lowest BCUT2D eigenvalue weighted by Crippen LogP contribution is -2.45. The molecule has 172 valence electrons. The third-order valence-electron chi connectivity index (χ3n) is 6.14. The van der Waals surface area contributed by atoms with Gasteiger partial charge in [0, 0.05) is 35.3 Å². The van der Waals surface area contributed by atoms with E-state index in [4.69, 9.17) is 16.3 Å². The molecule has 1 aliphatic rings. The molecule has 0 aliphatic carbocycles. The molecular weight excluding hydrogens is 464 g/mol. The second-order valence-electron chi connectivity index (χ2n) is 8.77. The third kappa shape index (κ3) is 4.64. The first kappa shape index (κ1) is 22.8. The molecular formula is C28H25ClN2O2S. The van der Waals surface area contributed by atoms with Gasteiger partial charge < -0.3 is 9.64 Å². The van der Waals surface area contributed by atoms with E-state index in [1.165, 1.54) is 30.0 Å². The highest BCUT2D eigenvalue weighted by Crippen LogP contribution is 2.43. The first-order valence-electron chi connectivity index (χ1n) is 11.3. The van der Waals surface area contributed by atoms with Crippen molar-refractivity contribution in [3.05, 3.63) is 87.8 Å². The predicted molar refractivity (Wildman–Crippen MR) is 142 cm³/mol. The lowest BCUT2D eigenvalue weighted by atomic mass is 10.0. The summed E-state index contributed by atoms with van der Waals surface area (Å²) in [5.74, 6) is 1.90. The second-order valence-corrected chi connectivity index (χ2v) is 10.2. The van der Waals surface area contributed by atoms with Crippen LogP contribution in [0.15, 0.2) is 71.7 Å². The number of hydrogen-bond acceptors (Lipinski definition) is 5. The average molecular weight is 489 g/mol. The van der Waals surface area contributed by atoms with Crippen molar-refractivity contribution in [1.29, 1.82) is 0 Å². The molecule has 0 radical (unpaired) electrons. The van der Waals surface area contributed by atoms with Crippen LogP contribution in [0.2, 0.25) is 5.02 Å².